The average Bonchev–Trinajstić information content (AvgIpc) is 2.26. The van der Waals surface area contributed by atoms with E-state index in [1.807, 2.05) is 0 Å². The van der Waals surface area contributed by atoms with Gasteiger partial charge < -0.3 is 0 Å². The predicted octanol–water partition coefficient (Wildman–Crippen LogP) is 4.43. The van der Waals surface area contributed by atoms with Crippen molar-refractivity contribution in [2.75, 3.05) is 5.75 Å². The Bertz CT molecular complexity index is 381. The van der Waals surface area contributed by atoms with Crippen LogP contribution in [-0.2, 0) is 9.84 Å². The van der Waals surface area contributed by atoms with Gasteiger partial charge in [0.1, 0.15) is 0 Å². The van der Waals surface area contributed by atoms with Gasteiger partial charge in [-0.25, -0.2) is 8.42 Å². The van der Waals surface area contributed by atoms with Crippen LogP contribution in [-0.4, -0.2) is 24.2 Å². The van der Waals surface area contributed by atoms with Crippen LogP contribution < -0.4 is 0 Å². The minimum Gasteiger partial charge on any atom is -0.229 e. The maximum Gasteiger partial charge on any atom is 0.152 e. The second-order valence-corrected chi connectivity index (χ2v) is 11.2. The van der Waals surface area contributed by atoms with Crippen LogP contribution in [0.2, 0.25) is 0 Å². The molecule has 0 spiro atoms. The van der Waals surface area contributed by atoms with Crippen LogP contribution in [0.15, 0.2) is 0 Å². The summed E-state index contributed by atoms with van der Waals surface area (Å²) in [6, 6.07) is 0. The normalized spacial score (nSPS) is 29.7. The maximum atomic E-state index is 11.9. The van der Waals surface area contributed by atoms with Crippen molar-refractivity contribution in [2.45, 2.75) is 70.4 Å². The number of halogens is 1. The van der Waals surface area contributed by atoms with Gasteiger partial charge in [0, 0.05) is 4.83 Å². The van der Waals surface area contributed by atoms with Gasteiger partial charge >= 0.3 is 0 Å². The Kier molecular flexibility index (Phi) is 5.95. The summed E-state index contributed by atoms with van der Waals surface area (Å²) >= 11 is 3.76. The second-order valence-electron chi connectivity index (χ2n) is 7.36. The molecule has 0 radical (unpaired) electrons. The molecule has 0 N–H and O–H groups in total. The van der Waals surface area contributed by atoms with E-state index in [9.17, 15) is 8.42 Å². The van der Waals surface area contributed by atoms with Crippen molar-refractivity contribution >= 4 is 25.8 Å². The molecule has 4 heteroatoms. The fourth-order valence-electron chi connectivity index (χ4n) is 2.86. The fraction of sp³-hybridized carbons (Fsp3) is 1.00. The van der Waals surface area contributed by atoms with Gasteiger partial charge in [-0.1, -0.05) is 36.7 Å². The van der Waals surface area contributed by atoms with Crippen molar-refractivity contribution in [3.63, 3.8) is 0 Å². The first-order chi connectivity index (χ1) is 8.54. The van der Waals surface area contributed by atoms with Gasteiger partial charge in [-0.15, -0.1) is 0 Å². The Morgan fingerprint density at radius 3 is 2.26 bits per heavy atom. The fourth-order valence-corrected chi connectivity index (χ4v) is 4.71. The van der Waals surface area contributed by atoms with Crippen LogP contribution in [0.3, 0.4) is 0 Å². The highest BCUT2D eigenvalue weighted by Crippen LogP contribution is 2.43. The monoisotopic (exact) mass is 352 g/mol. The van der Waals surface area contributed by atoms with E-state index in [2.05, 4.69) is 36.7 Å². The van der Waals surface area contributed by atoms with Crippen molar-refractivity contribution in [1.82, 2.24) is 0 Å². The van der Waals surface area contributed by atoms with Crippen molar-refractivity contribution in [3.8, 4) is 0 Å². The second kappa shape index (κ2) is 6.46. The average molecular weight is 353 g/mol. The lowest BCUT2D eigenvalue weighted by atomic mass is 9.68. The molecule has 1 aliphatic carbocycles. The van der Waals surface area contributed by atoms with Crippen molar-refractivity contribution in [3.05, 3.63) is 0 Å². The first-order valence-corrected chi connectivity index (χ1v) is 10.0. The Balaban J connectivity index is 2.61. The summed E-state index contributed by atoms with van der Waals surface area (Å²) in [6.45, 7) is 10.5. The molecule has 0 bridgehead atoms. The third-order valence-electron chi connectivity index (χ3n) is 4.61. The Labute approximate surface area is 127 Å². The van der Waals surface area contributed by atoms with Crippen molar-refractivity contribution in [2.24, 2.45) is 17.3 Å². The molecule has 3 atom stereocenters. The molecule has 114 valence electrons. The zero-order valence-corrected chi connectivity index (χ0v) is 15.4. The van der Waals surface area contributed by atoms with Crippen molar-refractivity contribution < 1.29 is 8.42 Å². The first-order valence-electron chi connectivity index (χ1n) is 7.39. The summed E-state index contributed by atoms with van der Waals surface area (Å²) < 4.78 is 23.9. The number of hydrogen-bond acceptors (Lipinski definition) is 2. The Hall–Kier alpha value is 0.430. The Morgan fingerprint density at radius 1 is 1.21 bits per heavy atom. The molecule has 1 aliphatic rings. The van der Waals surface area contributed by atoms with E-state index in [-0.39, 0.29) is 5.25 Å². The van der Waals surface area contributed by atoms with Crippen LogP contribution >= 0.6 is 15.9 Å². The highest BCUT2D eigenvalue weighted by Gasteiger charge is 2.35. The topological polar surface area (TPSA) is 34.1 Å². The van der Waals surface area contributed by atoms with Gasteiger partial charge in [-0.05, 0) is 56.8 Å². The van der Waals surface area contributed by atoms with E-state index in [1.165, 1.54) is 12.8 Å². The molecule has 1 rings (SSSR count). The molecule has 0 amide bonds. The van der Waals surface area contributed by atoms with E-state index in [4.69, 9.17) is 0 Å². The lowest BCUT2D eigenvalue weighted by molar-refractivity contribution is 0.145. The zero-order chi connectivity index (χ0) is 14.8. The predicted molar refractivity (Wildman–Crippen MR) is 86.5 cm³/mol. The molecule has 2 nitrogen and oxygen atoms in total. The van der Waals surface area contributed by atoms with Crippen LogP contribution in [0.4, 0.5) is 0 Å². The van der Waals surface area contributed by atoms with Crippen LogP contribution in [0.1, 0.15) is 60.3 Å². The molecule has 1 fully saturated rings. The van der Waals surface area contributed by atoms with E-state index in [1.54, 1.807) is 13.8 Å². The summed E-state index contributed by atoms with van der Waals surface area (Å²) in [5.74, 6) is 1.56. The van der Waals surface area contributed by atoms with Gasteiger partial charge in [-0.2, -0.15) is 0 Å². The quantitative estimate of drug-likeness (QED) is 0.701. The van der Waals surface area contributed by atoms with E-state index >= 15 is 0 Å². The Morgan fingerprint density at radius 2 is 1.79 bits per heavy atom. The molecule has 0 saturated heterocycles. The summed E-state index contributed by atoms with van der Waals surface area (Å²) in [6.07, 6.45) is 4.40. The molecule has 0 aliphatic heterocycles. The number of rotatable bonds is 4. The van der Waals surface area contributed by atoms with E-state index in [0.29, 0.717) is 27.8 Å². The molecule has 19 heavy (non-hydrogen) atoms. The van der Waals surface area contributed by atoms with Crippen LogP contribution in [0.25, 0.3) is 0 Å². The largest absolute Gasteiger partial charge is 0.229 e. The minimum atomic E-state index is -2.89. The van der Waals surface area contributed by atoms with Crippen LogP contribution in [0.5, 0.6) is 0 Å². The number of alkyl halides is 1. The van der Waals surface area contributed by atoms with Gasteiger partial charge in [0.05, 0.1) is 11.0 Å². The van der Waals surface area contributed by atoms with Gasteiger partial charge in [0.15, 0.2) is 9.84 Å². The summed E-state index contributed by atoms with van der Waals surface area (Å²) in [4.78, 5) is 0.494. The van der Waals surface area contributed by atoms with Crippen LogP contribution in [0, 0.1) is 17.3 Å². The minimum absolute atomic E-state index is 0.247. The number of hydrogen-bond donors (Lipinski definition) is 0. The van der Waals surface area contributed by atoms with Crippen molar-refractivity contribution in [1.29, 1.82) is 0 Å². The standard InChI is InChI=1S/C15H29BrO2S/c1-11(2)19(17,18)9-8-12-10-13(15(3,4)5)6-7-14(12)16/h11-14H,6-10H2,1-5H3. The highest BCUT2D eigenvalue weighted by atomic mass is 79.9. The third kappa shape index (κ3) is 5.04. The zero-order valence-electron chi connectivity index (χ0n) is 12.9. The maximum absolute atomic E-state index is 11.9. The number of sulfone groups is 1. The lowest BCUT2D eigenvalue weighted by Gasteiger charge is -2.40. The summed E-state index contributed by atoms with van der Waals surface area (Å²) in [7, 11) is -2.89. The molecule has 0 aromatic heterocycles. The molecule has 1 saturated carbocycles. The first kappa shape index (κ1) is 17.5. The highest BCUT2D eigenvalue weighted by molar-refractivity contribution is 9.09. The summed E-state index contributed by atoms with van der Waals surface area (Å²) in [5.41, 5.74) is 0.336. The summed E-state index contributed by atoms with van der Waals surface area (Å²) in [5, 5.41) is -0.247. The smallest absolute Gasteiger partial charge is 0.152 e. The molecule has 0 heterocycles. The molecule has 0 aromatic rings. The van der Waals surface area contributed by atoms with E-state index < -0.39 is 9.84 Å². The molecular formula is C15H29BrO2S. The van der Waals surface area contributed by atoms with Gasteiger partial charge in [-0.3, -0.25) is 0 Å². The lowest BCUT2D eigenvalue weighted by Crippen LogP contribution is -2.33. The molecular weight excluding hydrogens is 324 g/mol. The molecule has 3 unspecified atom stereocenters. The van der Waals surface area contributed by atoms with Gasteiger partial charge in [0.25, 0.3) is 0 Å². The van der Waals surface area contributed by atoms with E-state index in [0.717, 1.165) is 12.8 Å². The SMILES string of the molecule is CC(C)S(=O)(=O)CCC1CC(C(C)(C)C)CCC1Br. The van der Waals surface area contributed by atoms with Gasteiger partial charge in [0.2, 0.25) is 0 Å². The molecule has 0 aromatic carbocycles. The third-order valence-corrected chi connectivity index (χ3v) is 8.05.